The Morgan fingerprint density at radius 3 is 1.02 bits per heavy atom. The van der Waals surface area contributed by atoms with Gasteiger partial charge in [-0.15, -0.1) is 0 Å². The number of ether oxygens (including phenoxy) is 2. The van der Waals surface area contributed by atoms with Gasteiger partial charge in [0.2, 0.25) is 65.0 Å². The van der Waals surface area contributed by atoms with Crippen molar-refractivity contribution in [3.63, 3.8) is 0 Å². The number of hydrogen-bond acceptors (Lipinski definition) is 20. The number of rotatable bonds is 38. The Bertz CT molecular complexity index is 5800. The Kier molecular flexibility index (Phi) is 32.7. The minimum atomic E-state index is -3.59. The number of carbonyl (C=O) groups excluding carboxylic acids is 15. The molecule has 15 amide bonds. The second kappa shape index (κ2) is 43.6. The number of hydrogen-bond donors (Lipinski definition) is 12. The van der Waals surface area contributed by atoms with E-state index in [1.54, 1.807) is 121 Å². The lowest BCUT2D eigenvalue weighted by Crippen LogP contribution is -2.65. The lowest BCUT2D eigenvalue weighted by atomic mass is 9.98. The van der Waals surface area contributed by atoms with Gasteiger partial charge in [-0.3, -0.25) is 62.3 Å². The van der Waals surface area contributed by atoms with Crippen molar-refractivity contribution < 1.29 is 81.4 Å². The SMILES string of the molecule is CC(=O)N[C@@H](C)C(=O)N[C@@H](C)C(=O)NC(C)(C)C(=O)N[C@@H](Cc1c[nH]cn1)C(=O)N(C(=O)OCC1c2ccccc2-c2ccccc21)[C@H](CP(=S)(c1ccccc1)c1ccccc1)C(=O)N[C@@H](C)C(=O)N[C@@H](C)C(=O)N(C(=O)OCC1c2ccccc2-c2ccccc21)[C@@H](CP(=S)(c1ccccc1)c1ccccc1)C(=O)N[C@@H](C)C(=O)N[C@@H](C)C(=O)NC(C)(C)C(=O)N[C@@H](C)C(N)=O. The predicted octanol–water partition coefficient (Wildman–Crippen LogP) is 5.82. The molecular formula is C97H109N15O17P2S2. The fourth-order valence-electron chi connectivity index (χ4n) is 15.8. The molecule has 0 bridgehead atoms. The summed E-state index contributed by atoms with van der Waals surface area (Å²) in [6.45, 7) is 14.8. The van der Waals surface area contributed by atoms with Gasteiger partial charge in [0.25, 0.3) is 11.8 Å². The molecule has 36 heteroatoms. The number of fused-ring (bicyclic) bond motifs is 6. The zero-order valence-corrected chi connectivity index (χ0v) is 78.9. The number of aromatic nitrogens is 2. The first-order valence-electron chi connectivity index (χ1n) is 43.2. The number of amides is 15. The van der Waals surface area contributed by atoms with E-state index in [0.29, 0.717) is 31.0 Å². The quantitative estimate of drug-likeness (QED) is 0.0203. The third-order valence-electron chi connectivity index (χ3n) is 23.2. The van der Waals surface area contributed by atoms with E-state index in [2.05, 4.69) is 63.1 Å². The molecule has 0 spiro atoms. The number of primary amides is 1. The number of nitrogens with one attached hydrogen (secondary N) is 11. The number of benzene rings is 8. The number of carbonyl (C=O) groups is 15. The Morgan fingerprint density at radius 1 is 0.391 bits per heavy atom. The summed E-state index contributed by atoms with van der Waals surface area (Å²) in [6.07, 6.45) is -1.75. The summed E-state index contributed by atoms with van der Waals surface area (Å²) in [4.78, 5) is 230. The van der Waals surface area contributed by atoms with Crippen molar-refractivity contribution in [2.24, 2.45) is 5.73 Å². The van der Waals surface area contributed by atoms with Gasteiger partial charge in [0, 0.05) is 55.8 Å². The van der Waals surface area contributed by atoms with E-state index in [1.807, 2.05) is 97.1 Å². The monoisotopic (exact) mass is 1880 g/mol. The molecule has 8 aromatic carbocycles. The molecular weight excluding hydrogens is 1770 g/mol. The molecule has 0 fully saturated rings. The maximum atomic E-state index is 16.7. The first kappa shape index (κ1) is 99.9. The van der Waals surface area contributed by atoms with Crippen LogP contribution in [0.2, 0.25) is 0 Å². The molecule has 0 aliphatic heterocycles. The van der Waals surface area contributed by atoms with Gasteiger partial charge in [-0.2, -0.15) is 0 Å². The van der Waals surface area contributed by atoms with Crippen LogP contribution in [0.3, 0.4) is 0 Å². The summed E-state index contributed by atoms with van der Waals surface area (Å²) in [6, 6.07) is 41.0. The standard InChI is InChI=1S/C97H109N15O17P2S2/c1-56(82(98)114)107-92(124)96(9,10)109-86(118)61(6)103-84(116)58(3)104-88(120)80(53-130(132,65-33-17-13-18-34-65)66-35-19-14-20-36-66)111(94(126)128-51-77-73-45-29-25-41-69(73)70-42-26-30-46-74(70)77)90(122)62(7)106-85(117)59(4)105-89(121)81(54-131(133,67-37-21-15-22-38-67)68-39-23-16-24-40-68)112(95(127)129-52-78-75-47-31-27-43-71(75)72-44-28-32-48-76(72)78)91(123)79(49-64-50-99-55-100-64)108-93(125)97(11,12)110-87(119)60(5)102-83(115)57(2)101-63(8)113/h13-48,50,55-62,77-81H,49,51-54H2,1-12H3,(H2,98,114)(H,99,100)(H,101,113)(H,102,115)(H,103,116)(H,104,120)(H,105,121)(H,106,117)(H,107,124)(H,108,125)(H,109,118)(H,110,119)/t56-,57-,58-,59-,60-,61-,62-,79-,80-,81+/m0/s1. The summed E-state index contributed by atoms with van der Waals surface area (Å²) in [5, 5.41) is 27.8. The maximum Gasteiger partial charge on any atom is 0.417 e. The van der Waals surface area contributed by atoms with Crippen molar-refractivity contribution in [2.75, 3.05) is 25.5 Å². The van der Waals surface area contributed by atoms with Crippen LogP contribution in [0.1, 0.15) is 123 Å². The first-order chi connectivity index (χ1) is 63.1. The second-order valence-electron chi connectivity index (χ2n) is 33.9. The molecule has 11 rings (SSSR count). The van der Waals surface area contributed by atoms with Crippen LogP contribution in [-0.4, -0.2) is 206 Å². The molecule has 1 aromatic heterocycles. The van der Waals surface area contributed by atoms with Crippen molar-refractivity contribution >= 4 is 146 Å². The molecule has 0 radical (unpaired) electrons. The van der Waals surface area contributed by atoms with Gasteiger partial charge in [0.05, 0.1) is 12.0 Å². The summed E-state index contributed by atoms with van der Waals surface area (Å²) < 4.78 is 12.7. The Morgan fingerprint density at radius 2 is 0.692 bits per heavy atom. The maximum absolute atomic E-state index is 16.7. The van der Waals surface area contributed by atoms with Gasteiger partial charge >= 0.3 is 12.2 Å². The molecule has 2 aliphatic rings. The number of aromatic amines is 1. The van der Waals surface area contributed by atoms with Crippen molar-refractivity contribution in [2.45, 2.75) is 173 Å². The minimum Gasteiger partial charge on any atom is -0.448 e. The molecule has 0 saturated carbocycles. The van der Waals surface area contributed by atoms with Crippen LogP contribution >= 0.6 is 12.1 Å². The van der Waals surface area contributed by atoms with E-state index in [1.165, 1.54) is 95.6 Å². The third kappa shape index (κ3) is 23.8. The van der Waals surface area contributed by atoms with E-state index < -0.39 is 216 Å². The molecule has 696 valence electrons. The number of H-pyrrole nitrogens is 1. The highest BCUT2D eigenvalue weighted by Gasteiger charge is 2.49. The van der Waals surface area contributed by atoms with Gasteiger partial charge in [-0.05, 0) is 142 Å². The summed E-state index contributed by atoms with van der Waals surface area (Å²) in [5.74, 6) is -14.0. The highest BCUT2D eigenvalue weighted by molar-refractivity contribution is 8.22. The van der Waals surface area contributed by atoms with Crippen LogP contribution in [0.15, 0.2) is 231 Å². The summed E-state index contributed by atoms with van der Waals surface area (Å²) >= 11 is 13.7. The van der Waals surface area contributed by atoms with Gasteiger partial charge in [0.15, 0.2) is 0 Å². The highest BCUT2D eigenvalue weighted by atomic mass is 32.4. The highest BCUT2D eigenvalue weighted by Crippen LogP contribution is 2.49. The minimum absolute atomic E-state index is 0.143. The third-order valence-corrected chi connectivity index (χ3v) is 32.9. The smallest absolute Gasteiger partial charge is 0.417 e. The van der Waals surface area contributed by atoms with Crippen LogP contribution in [0.4, 0.5) is 9.59 Å². The molecule has 133 heavy (non-hydrogen) atoms. The van der Waals surface area contributed by atoms with Crippen molar-refractivity contribution in [3.8, 4) is 22.3 Å². The molecule has 13 N–H and O–H groups in total. The summed E-state index contributed by atoms with van der Waals surface area (Å²) in [7, 11) is 0. The number of nitrogens with two attached hydrogens (primary N) is 1. The van der Waals surface area contributed by atoms with E-state index >= 15 is 38.4 Å². The predicted molar refractivity (Wildman–Crippen MR) is 511 cm³/mol. The van der Waals surface area contributed by atoms with Crippen LogP contribution in [-0.2, 0) is 102 Å². The van der Waals surface area contributed by atoms with E-state index in [0.717, 1.165) is 44.5 Å². The number of imide groups is 2. The Hall–Kier alpha value is -13.7. The van der Waals surface area contributed by atoms with Crippen LogP contribution in [0.25, 0.3) is 22.3 Å². The zero-order chi connectivity index (χ0) is 96.6. The van der Waals surface area contributed by atoms with Crippen molar-refractivity contribution in [1.82, 2.24) is 72.9 Å². The second-order valence-corrected chi connectivity index (χ2v) is 43.4. The lowest BCUT2D eigenvalue weighted by molar-refractivity contribution is -0.143. The fourth-order valence-corrected chi connectivity index (χ4v) is 23.8. The molecule has 0 saturated heterocycles. The lowest BCUT2D eigenvalue weighted by Gasteiger charge is -2.36. The van der Waals surface area contributed by atoms with E-state index in [4.69, 9.17) is 38.8 Å². The van der Waals surface area contributed by atoms with Crippen LogP contribution in [0.5, 0.6) is 0 Å². The molecule has 10 atom stereocenters. The van der Waals surface area contributed by atoms with Crippen LogP contribution < -0.4 is 80.1 Å². The molecule has 9 aromatic rings. The molecule has 1 heterocycles. The van der Waals surface area contributed by atoms with Crippen molar-refractivity contribution in [3.05, 3.63) is 259 Å². The van der Waals surface area contributed by atoms with Gasteiger partial charge < -0.3 is 73.4 Å². The molecule has 32 nitrogen and oxygen atoms in total. The van der Waals surface area contributed by atoms with E-state index in [9.17, 15) is 33.6 Å². The molecule has 0 unspecified atom stereocenters. The van der Waals surface area contributed by atoms with Gasteiger partial charge in [0.1, 0.15) is 84.7 Å². The van der Waals surface area contributed by atoms with Crippen molar-refractivity contribution in [1.29, 1.82) is 0 Å². The Balaban J connectivity index is 0.980. The van der Waals surface area contributed by atoms with E-state index in [-0.39, 0.29) is 5.69 Å². The Labute approximate surface area is 780 Å². The van der Waals surface area contributed by atoms with Gasteiger partial charge in [-0.25, -0.2) is 24.4 Å². The zero-order valence-electron chi connectivity index (χ0n) is 75.5. The topological polar surface area (TPSA) is 456 Å². The largest absolute Gasteiger partial charge is 0.448 e. The fraction of sp³-hybridized carbons (Fsp3) is 0.320. The summed E-state index contributed by atoms with van der Waals surface area (Å²) in [5.41, 5.74) is 8.29. The average molecular weight is 1880 g/mol. The first-order valence-corrected chi connectivity index (χ1v) is 49.2. The van der Waals surface area contributed by atoms with Crippen LogP contribution in [0, 0.1) is 0 Å². The average Bonchev–Trinajstić information content (AvgIpc) is 0.908. The number of nitrogens with zero attached hydrogens (tertiary/aromatic N) is 3. The normalized spacial score (nSPS) is 14.5. The molecule has 2 aliphatic carbocycles. The number of imidazole rings is 1. The van der Waals surface area contributed by atoms with Gasteiger partial charge in [-0.1, -0.05) is 242 Å².